The third-order valence-electron chi connectivity index (χ3n) is 4.58. The Morgan fingerprint density at radius 2 is 1.97 bits per heavy atom. The fraction of sp³-hybridized carbons (Fsp3) is 0.300. The minimum atomic E-state index is -2.75. The lowest BCUT2D eigenvalue weighted by atomic mass is 10.2. The molecule has 11 heteroatoms. The molecule has 9 nitrogen and oxygen atoms in total. The third kappa shape index (κ3) is 5.77. The average molecular weight is 462 g/mol. The smallest absolute Gasteiger partial charge is 0.267 e. The van der Waals surface area contributed by atoms with Crippen molar-refractivity contribution < 1.29 is 18.6 Å². The summed E-state index contributed by atoms with van der Waals surface area (Å²) in [6.07, 6.45) is 2.93. The maximum Gasteiger partial charge on any atom is 0.267 e. The van der Waals surface area contributed by atoms with E-state index < -0.39 is 10.6 Å². The number of morpholine rings is 1. The number of hydrogen-bond acceptors (Lipinski definition) is 9. The standard InChI is InChI=1S/C20H23N5O4S2/c1-31(27,28)12-16-10-18(25-6-8-29-9-7-25)24-19(22-16)14-2-4-15(5-3-14)23-20(26)17-11-21-13-30-17/h2-5,10-11,13,27-28H,6-9,12H2,1H3,(H,23,26). The molecule has 0 bridgehead atoms. The molecule has 3 aromatic rings. The first-order valence-electron chi connectivity index (χ1n) is 9.59. The van der Waals surface area contributed by atoms with Gasteiger partial charge in [-0.1, -0.05) is 0 Å². The summed E-state index contributed by atoms with van der Waals surface area (Å²) in [5.41, 5.74) is 3.59. The van der Waals surface area contributed by atoms with Gasteiger partial charge in [0.05, 0.1) is 36.4 Å². The van der Waals surface area contributed by atoms with E-state index in [-0.39, 0.29) is 11.7 Å². The molecule has 3 heterocycles. The molecule has 0 unspecified atom stereocenters. The number of hydrogen-bond donors (Lipinski definition) is 3. The molecule has 1 aliphatic heterocycles. The van der Waals surface area contributed by atoms with Crippen LogP contribution in [0.2, 0.25) is 0 Å². The van der Waals surface area contributed by atoms with Crippen LogP contribution in [0.1, 0.15) is 15.4 Å². The Morgan fingerprint density at radius 1 is 1.23 bits per heavy atom. The van der Waals surface area contributed by atoms with Gasteiger partial charge in [-0.25, -0.2) is 9.97 Å². The summed E-state index contributed by atoms with van der Waals surface area (Å²) in [5, 5.41) is 2.83. The zero-order valence-corrected chi connectivity index (χ0v) is 18.5. The molecule has 164 valence electrons. The fourth-order valence-corrected chi connectivity index (χ4v) is 4.37. The molecule has 31 heavy (non-hydrogen) atoms. The zero-order valence-electron chi connectivity index (χ0n) is 16.9. The van der Waals surface area contributed by atoms with Crippen LogP contribution in [0.3, 0.4) is 0 Å². The summed E-state index contributed by atoms with van der Waals surface area (Å²) in [5.74, 6) is 1.07. The average Bonchev–Trinajstić information content (AvgIpc) is 3.29. The lowest BCUT2D eigenvalue weighted by Gasteiger charge is -2.30. The number of nitrogens with zero attached hydrogens (tertiary/aromatic N) is 4. The maximum atomic E-state index is 12.2. The predicted molar refractivity (Wildman–Crippen MR) is 123 cm³/mol. The van der Waals surface area contributed by atoms with Gasteiger partial charge in [0, 0.05) is 36.7 Å². The van der Waals surface area contributed by atoms with Crippen molar-refractivity contribution in [1.29, 1.82) is 0 Å². The second-order valence-corrected chi connectivity index (χ2v) is 10.3. The zero-order chi connectivity index (χ0) is 21.8. The Bertz CT molecular complexity index is 1030. The molecule has 3 N–H and O–H groups in total. The first-order valence-corrected chi connectivity index (χ1v) is 12.6. The monoisotopic (exact) mass is 461 g/mol. The minimum absolute atomic E-state index is 0.0584. The summed E-state index contributed by atoms with van der Waals surface area (Å²) in [4.78, 5) is 28.0. The number of ether oxygens (including phenoxy) is 1. The third-order valence-corrected chi connectivity index (χ3v) is 6.19. The Morgan fingerprint density at radius 3 is 2.61 bits per heavy atom. The molecule has 0 radical (unpaired) electrons. The van der Waals surface area contributed by atoms with E-state index in [1.54, 1.807) is 23.7 Å². The van der Waals surface area contributed by atoms with Crippen LogP contribution in [-0.2, 0) is 10.5 Å². The van der Waals surface area contributed by atoms with Crippen LogP contribution in [0, 0.1) is 0 Å². The number of aromatic nitrogens is 3. The van der Waals surface area contributed by atoms with Gasteiger partial charge < -0.3 is 15.0 Å². The number of anilines is 2. The van der Waals surface area contributed by atoms with Gasteiger partial charge in [-0.15, -0.1) is 11.3 Å². The van der Waals surface area contributed by atoms with Gasteiger partial charge in [-0.3, -0.25) is 18.9 Å². The number of thiazole rings is 1. The number of benzene rings is 1. The van der Waals surface area contributed by atoms with Crippen LogP contribution in [0.4, 0.5) is 11.5 Å². The minimum Gasteiger partial charge on any atom is -0.378 e. The van der Waals surface area contributed by atoms with Crippen LogP contribution >= 0.6 is 21.9 Å². The van der Waals surface area contributed by atoms with E-state index in [9.17, 15) is 13.9 Å². The number of nitrogens with one attached hydrogen (secondary N) is 1. The van der Waals surface area contributed by atoms with Crippen LogP contribution in [0.15, 0.2) is 42.0 Å². The molecule has 0 atom stereocenters. The first-order chi connectivity index (χ1) is 14.9. The fourth-order valence-electron chi connectivity index (χ4n) is 3.14. The lowest BCUT2D eigenvalue weighted by Crippen LogP contribution is -2.37. The molecule has 0 saturated carbocycles. The number of carbonyl (C=O) groups is 1. The predicted octanol–water partition coefficient (Wildman–Crippen LogP) is 3.57. The van der Waals surface area contributed by atoms with Crippen LogP contribution in [0.5, 0.6) is 0 Å². The highest BCUT2D eigenvalue weighted by Crippen LogP contribution is 2.38. The second-order valence-electron chi connectivity index (χ2n) is 7.18. The van der Waals surface area contributed by atoms with Gasteiger partial charge in [0.25, 0.3) is 5.91 Å². The van der Waals surface area contributed by atoms with E-state index in [1.807, 2.05) is 12.1 Å². The largest absolute Gasteiger partial charge is 0.378 e. The van der Waals surface area contributed by atoms with Gasteiger partial charge in [-0.2, -0.15) is 10.6 Å². The molecule has 1 aromatic carbocycles. The maximum absolute atomic E-state index is 12.2. The Kier molecular flexibility index (Phi) is 6.49. The highest BCUT2D eigenvalue weighted by molar-refractivity contribution is 8.23. The molecule has 1 amide bonds. The van der Waals surface area contributed by atoms with Crippen molar-refractivity contribution in [2.75, 3.05) is 42.8 Å². The van der Waals surface area contributed by atoms with Gasteiger partial charge in [0.1, 0.15) is 10.7 Å². The van der Waals surface area contributed by atoms with Gasteiger partial charge in [0.2, 0.25) is 0 Å². The molecule has 2 aromatic heterocycles. The second kappa shape index (κ2) is 9.28. The summed E-state index contributed by atoms with van der Waals surface area (Å²) in [6, 6.07) is 9.03. The highest BCUT2D eigenvalue weighted by atomic mass is 32.3. The van der Waals surface area contributed by atoms with Crippen molar-refractivity contribution in [2.45, 2.75) is 5.75 Å². The van der Waals surface area contributed by atoms with Crippen molar-refractivity contribution in [1.82, 2.24) is 15.0 Å². The summed E-state index contributed by atoms with van der Waals surface area (Å²) in [6.45, 7) is 2.65. The van der Waals surface area contributed by atoms with Crippen molar-refractivity contribution in [3.8, 4) is 11.4 Å². The summed E-state index contributed by atoms with van der Waals surface area (Å²) < 4.78 is 25.3. The Labute approximate surface area is 185 Å². The number of amides is 1. The van der Waals surface area contributed by atoms with Crippen LogP contribution in [-0.4, -0.2) is 62.5 Å². The van der Waals surface area contributed by atoms with Crippen molar-refractivity contribution in [3.63, 3.8) is 0 Å². The van der Waals surface area contributed by atoms with Crippen molar-refractivity contribution in [3.05, 3.63) is 52.6 Å². The van der Waals surface area contributed by atoms with Gasteiger partial charge in [-0.05, 0) is 24.3 Å². The van der Waals surface area contributed by atoms with E-state index in [0.29, 0.717) is 48.4 Å². The van der Waals surface area contributed by atoms with E-state index in [1.165, 1.54) is 23.8 Å². The van der Waals surface area contributed by atoms with E-state index >= 15 is 0 Å². The molecule has 1 aliphatic rings. The normalized spacial score (nSPS) is 15.0. The van der Waals surface area contributed by atoms with Crippen molar-refractivity contribution in [2.24, 2.45) is 0 Å². The summed E-state index contributed by atoms with van der Waals surface area (Å²) >= 11 is 1.28. The number of carbonyl (C=O) groups excluding carboxylic acids is 1. The van der Waals surface area contributed by atoms with Gasteiger partial charge >= 0.3 is 0 Å². The molecular weight excluding hydrogens is 438 g/mol. The van der Waals surface area contributed by atoms with E-state index in [2.05, 4.69) is 20.2 Å². The molecule has 1 fully saturated rings. The quantitative estimate of drug-likeness (QED) is 0.509. The molecular formula is C20H23N5O4S2. The Balaban J connectivity index is 1.59. The van der Waals surface area contributed by atoms with E-state index in [4.69, 9.17) is 9.72 Å². The molecule has 0 aliphatic carbocycles. The molecule has 1 saturated heterocycles. The van der Waals surface area contributed by atoms with Crippen molar-refractivity contribution >= 4 is 39.3 Å². The van der Waals surface area contributed by atoms with Gasteiger partial charge in [0.15, 0.2) is 5.82 Å². The molecule has 0 spiro atoms. The van der Waals surface area contributed by atoms with E-state index in [0.717, 1.165) is 11.4 Å². The highest BCUT2D eigenvalue weighted by Gasteiger charge is 2.18. The van der Waals surface area contributed by atoms with Crippen LogP contribution < -0.4 is 10.2 Å². The number of rotatable bonds is 6. The molecule has 4 rings (SSSR count). The SMILES string of the molecule is CS(O)(O)Cc1cc(N2CCOCC2)nc(-c2ccc(NC(=O)c3cncs3)cc2)n1. The van der Waals surface area contributed by atoms with Crippen LogP contribution in [0.25, 0.3) is 11.4 Å². The Hall–Kier alpha value is -2.57. The topological polar surface area (TPSA) is 121 Å². The summed E-state index contributed by atoms with van der Waals surface area (Å²) in [7, 11) is -2.75. The first kappa shape index (κ1) is 21.7. The lowest BCUT2D eigenvalue weighted by molar-refractivity contribution is 0.103.